The Morgan fingerprint density at radius 2 is 2.07 bits per heavy atom. The average Bonchev–Trinajstić information content (AvgIpc) is 1.94. The molecule has 1 nitrogen and oxygen atoms in total. The molecule has 0 heterocycles. The third-order valence-corrected chi connectivity index (χ3v) is 3.43. The van der Waals surface area contributed by atoms with Crippen LogP contribution in [0, 0.1) is 0 Å². The van der Waals surface area contributed by atoms with Crippen LogP contribution in [0.4, 0.5) is 0 Å². The fourth-order valence-corrected chi connectivity index (χ4v) is 2.09. The van der Waals surface area contributed by atoms with Gasteiger partial charge in [0, 0.05) is 6.61 Å². The Bertz CT molecular complexity index is 229. The molecule has 0 N–H and O–H groups in total. The van der Waals surface area contributed by atoms with Crippen LogP contribution >= 0.6 is 0 Å². The molecule has 2 heteroatoms. The minimum atomic E-state index is -1.32. The summed E-state index contributed by atoms with van der Waals surface area (Å²) in [6.07, 6.45) is 7.19. The molecular formula is C12H22OSi. The third-order valence-electron chi connectivity index (χ3n) is 2.36. The first-order valence-electron chi connectivity index (χ1n) is 5.48. The van der Waals surface area contributed by atoms with Crippen LogP contribution in [-0.2, 0) is 4.43 Å². The normalized spacial score (nSPS) is 16.4. The first kappa shape index (κ1) is 11.7. The molecule has 0 saturated heterocycles. The lowest BCUT2D eigenvalue weighted by Gasteiger charge is -2.19. The van der Waals surface area contributed by atoms with Crippen LogP contribution in [0.15, 0.2) is 23.8 Å². The predicted octanol–water partition coefficient (Wildman–Crippen LogP) is 3.89. The highest BCUT2D eigenvalue weighted by atomic mass is 28.4. The van der Waals surface area contributed by atoms with Crippen molar-refractivity contribution >= 4 is 8.32 Å². The Kier molecular flexibility index (Phi) is 4.14. The van der Waals surface area contributed by atoms with Gasteiger partial charge in [-0.1, -0.05) is 23.8 Å². The molecule has 0 radical (unpaired) electrons. The zero-order chi connectivity index (χ0) is 10.6. The van der Waals surface area contributed by atoms with Gasteiger partial charge in [0.25, 0.3) is 0 Å². The molecule has 0 aromatic heterocycles. The summed E-state index contributed by atoms with van der Waals surface area (Å²) in [6, 6.07) is 0. The second-order valence-corrected chi connectivity index (χ2v) is 9.54. The van der Waals surface area contributed by atoms with E-state index < -0.39 is 8.32 Å². The molecular weight excluding hydrogens is 188 g/mol. The number of hydrogen-bond acceptors (Lipinski definition) is 1. The van der Waals surface area contributed by atoms with E-state index in [0.717, 1.165) is 13.0 Å². The van der Waals surface area contributed by atoms with Crippen molar-refractivity contribution in [2.24, 2.45) is 0 Å². The molecule has 0 aromatic rings. The van der Waals surface area contributed by atoms with Crippen molar-refractivity contribution in [3.05, 3.63) is 23.8 Å². The largest absolute Gasteiger partial charge is 0.417 e. The highest BCUT2D eigenvalue weighted by Gasteiger charge is 2.13. The van der Waals surface area contributed by atoms with E-state index >= 15 is 0 Å². The van der Waals surface area contributed by atoms with Crippen molar-refractivity contribution in [1.82, 2.24) is 0 Å². The van der Waals surface area contributed by atoms with Gasteiger partial charge >= 0.3 is 0 Å². The van der Waals surface area contributed by atoms with Crippen molar-refractivity contribution in [3.63, 3.8) is 0 Å². The van der Waals surface area contributed by atoms with E-state index in [1.807, 2.05) is 0 Å². The Morgan fingerprint density at radius 3 is 2.50 bits per heavy atom. The summed E-state index contributed by atoms with van der Waals surface area (Å²) in [5.74, 6) is 0. The molecule has 80 valence electrons. The van der Waals surface area contributed by atoms with Gasteiger partial charge in [-0.05, 0) is 45.3 Å². The van der Waals surface area contributed by atoms with Gasteiger partial charge in [0.2, 0.25) is 0 Å². The van der Waals surface area contributed by atoms with Crippen molar-refractivity contribution in [1.29, 1.82) is 0 Å². The lowest BCUT2D eigenvalue weighted by atomic mass is 9.90. The van der Waals surface area contributed by atoms with E-state index in [9.17, 15) is 0 Å². The molecule has 0 bridgehead atoms. The second kappa shape index (κ2) is 4.94. The van der Waals surface area contributed by atoms with Gasteiger partial charge in [-0.3, -0.25) is 0 Å². The van der Waals surface area contributed by atoms with Crippen LogP contribution in [0.1, 0.15) is 25.7 Å². The van der Waals surface area contributed by atoms with E-state index in [-0.39, 0.29) is 0 Å². The first-order chi connectivity index (χ1) is 6.47. The van der Waals surface area contributed by atoms with Crippen molar-refractivity contribution in [3.8, 4) is 0 Å². The summed E-state index contributed by atoms with van der Waals surface area (Å²) < 4.78 is 5.78. The minimum absolute atomic E-state index is 0.846. The SMILES string of the molecule is C=C(C=C1CCC1)CCO[Si](C)(C)C. The van der Waals surface area contributed by atoms with E-state index in [4.69, 9.17) is 4.43 Å². The maximum absolute atomic E-state index is 5.78. The molecule has 1 aliphatic rings. The molecule has 1 rings (SSSR count). The van der Waals surface area contributed by atoms with Crippen LogP contribution in [0.2, 0.25) is 19.6 Å². The van der Waals surface area contributed by atoms with Crippen LogP contribution in [0.25, 0.3) is 0 Å². The Balaban J connectivity index is 2.15. The monoisotopic (exact) mass is 210 g/mol. The van der Waals surface area contributed by atoms with Gasteiger partial charge in [0.15, 0.2) is 8.32 Å². The summed E-state index contributed by atoms with van der Waals surface area (Å²) >= 11 is 0. The standard InChI is InChI=1S/C12H22OSi/c1-11(10-12-6-5-7-12)8-9-13-14(2,3)4/h10H,1,5-9H2,2-4H3. The maximum atomic E-state index is 5.78. The third kappa shape index (κ3) is 4.77. The van der Waals surface area contributed by atoms with Gasteiger partial charge in [-0.25, -0.2) is 0 Å². The molecule has 0 spiro atoms. The fraction of sp³-hybridized carbons (Fsp3) is 0.667. The smallest absolute Gasteiger partial charge is 0.183 e. The summed E-state index contributed by atoms with van der Waals surface area (Å²) in [7, 11) is -1.32. The number of hydrogen-bond donors (Lipinski definition) is 0. The van der Waals surface area contributed by atoms with Crippen molar-refractivity contribution in [2.75, 3.05) is 6.61 Å². The highest BCUT2D eigenvalue weighted by molar-refractivity contribution is 6.69. The van der Waals surface area contributed by atoms with Crippen molar-refractivity contribution < 1.29 is 4.43 Å². The topological polar surface area (TPSA) is 9.23 Å². The quantitative estimate of drug-likeness (QED) is 0.625. The van der Waals surface area contributed by atoms with Crippen LogP contribution in [-0.4, -0.2) is 14.9 Å². The second-order valence-electron chi connectivity index (χ2n) is 5.03. The molecule has 1 aliphatic carbocycles. The molecule has 1 fully saturated rings. The van der Waals surface area contributed by atoms with Gasteiger partial charge in [0.05, 0.1) is 0 Å². The molecule has 0 aliphatic heterocycles. The minimum Gasteiger partial charge on any atom is -0.417 e. The Hall–Kier alpha value is -0.343. The van der Waals surface area contributed by atoms with Crippen LogP contribution in [0.5, 0.6) is 0 Å². The average molecular weight is 210 g/mol. The summed E-state index contributed by atoms with van der Waals surface area (Å²) in [6.45, 7) is 11.6. The van der Waals surface area contributed by atoms with Crippen LogP contribution in [0.3, 0.4) is 0 Å². The predicted molar refractivity (Wildman–Crippen MR) is 65.0 cm³/mol. The first-order valence-corrected chi connectivity index (χ1v) is 8.89. The lowest BCUT2D eigenvalue weighted by Crippen LogP contribution is -2.25. The Labute approximate surface area is 89.0 Å². The van der Waals surface area contributed by atoms with Crippen LogP contribution < -0.4 is 0 Å². The lowest BCUT2D eigenvalue weighted by molar-refractivity contribution is 0.316. The van der Waals surface area contributed by atoms with Gasteiger partial charge < -0.3 is 4.43 Å². The van der Waals surface area contributed by atoms with E-state index in [1.54, 1.807) is 5.57 Å². The molecule has 0 aromatic carbocycles. The Morgan fingerprint density at radius 1 is 1.43 bits per heavy atom. The molecule has 14 heavy (non-hydrogen) atoms. The zero-order valence-electron chi connectivity index (χ0n) is 9.73. The van der Waals surface area contributed by atoms with Crippen molar-refractivity contribution in [2.45, 2.75) is 45.3 Å². The van der Waals surface area contributed by atoms with Gasteiger partial charge in [-0.15, -0.1) is 0 Å². The zero-order valence-corrected chi connectivity index (χ0v) is 10.7. The fourth-order valence-electron chi connectivity index (χ4n) is 1.37. The van der Waals surface area contributed by atoms with Gasteiger partial charge in [-0.2, -0.15) is 0 Å². The molecule has 0 unspecified atom stereocenters. The molecule has 0 atom stereocenters. The highest BCUT2D eigenvalue weighted by Crippen LogP contribution is 2.26. The number of allylic oxidation sites excluding steroid dienone is 2. The maximum Gasteiger partial charge on any atom is 0.183 e. The van der Waals surface area contributed by atoms with E-state index in [2.05, 4.69) is 32.3 Å². The van der Waals surface area contributed by atoms with Gasteiger partial charge in [0.1, 0.15) is 0 Å². The summed E-state index contributed by atoms with van der Waals surface area (Å²) in [4.78, 5) is 0. The number of rotatable bonds is 5. The summed E-state index contributed by atoms with van der Waals surface area (Å²) in [5, 5.41) is 0. The molecule has 0 amide bonds. The molecule has 1 saturated carbocycles. The summed E-state index contributed by atoms with van der Waals surface area (Å²) in [5.41, 5.74) is 2.81. The van der Waals surface area contributed by atoms with E-state index in [1.165, 1.54) is 24.8 Å². The van der Waals surface area contributed by atoms with E-state index in [0.29, 0.717) is 0 Å².